The van der Waals surface area contributed by atoms with Crippen molar-refractivity contribution in [1.82, 2.24) is 5.32 Å². The molecular formula is C19H30NO7P. The summed E-state index contributed by atoms with van der Waals surface area (Å²) in [6.45, 7) is 8.80. The Morgan fingerprint density at radius 1 is 1.32 bits per heavy atom. The second-order valence-corrected chi connectivity index (χ2v) is 9.98. The molecule has 0 saturated heterocycles. The van der Waals surface area contributed by atoms with E-state index in [-0.39, 0.29) is 31.8 Å². The third-order valence-electron chi connectivity index (χ3n) is 4.55. The van der Waals surface area contributed by atoms with Crippen molar-refractivity contribution in [1.29, 1.82) is 0 Å². The molecule has 1 aromatic heterocycles. The highest BCUT2D eigenvalue weighted by Crippen LogP contribution is 2.68. The van der Waals surface area contributed by atoms with E-state index in [0.717, 1.165) is 0 Å². The minimum Gasteiger partial charge on any atom is -0.472 e. The Bertz CT molecular complexity index is 715. The molecule has 0 radical (unpaired) electrons. The lowest BCUT2D eigenvalue weighted by Crippen LogP contribution is -2.50. The van der Waals surface area contributed by atoms with Gasteiger partial charge in [0.2, 0.25) is 0 Å². The first-order valence-corrected chi connectivity index (χ1v) is 11.1. The summed E-state index contributed by atoms with van der Waals surface area (Å²) in [5.41, 5.74) is -0.234. The Morgan fingerprint density at radius 2 is 1.96 bits per heavy atom. The number of hydrogen-bond acceptors (Lipinski definition) is 7. The molecule has 1 aromatic rings. The van der Waals surface area contributed by atoms with E-state index < -0.39 is 30.5 Å². The van der Waals surface area contributed by atoms with E-state index >= 15 is 0 Å². The Kier molecular flexibility index (Phi) is 7.12. The summed E-state index contributed by atoms with van der Waals surface area (Å²) in [5.74, 6) is -0.264. The average Bonchev–Trinajstić information content (AvgIpc) is 3.22. The van der Waals surface area contributed by atoms with Gasteiger partial charge in [-0.1, -0.05) is 0 Å². The molecule has 8 nitrogen and oxygen atoms in total. The maximum Gasteiger partial charge on any atom is 0.408 e. The Morgan fingerprint density at radius 3 is 2.39 bits per heavy atom. The molecule has 2 rings (SSSR count). The number of amides is 1. The fourth-order valence-electron chi connectivity index (χ4n) is 3.58. The van der Waals surface area contributed by atoms with Crippen molar-refractivity contribution in [3.8, 4) is 0 Å². The van der Waals surface area contributed by atoms with Crippen LogP contribution in [0.15, 0.2) is 23.0 Å². The molecule has 1 saturated carbocycles. The molecule has 9 heteroatoms. The van der Waals surface area contributed by atoms with Crippen molar-refractivity contribution in [2.24, 2.45) is 0 Å². The van der Waals surface area contributed by atoms with Crippen LogP contribution in [0, 0.1) is 0 Å². The number of alkyl carbamates (subject to hydrolysis) is 1. The fourth-order valence-corrected chi connectivity index (χ4v) is 6.17. The minimum atomic E-state index is -3.92. The number of hydrogen-bond donors (Lipinski definition) is 1. The molecule has 1 amide bonds. The SMILES string of the molecule is CCOP(=O)(OCC)[C@]1([C@H](NC(=O)OC(C)(C)C)c2ccoc2)CCCC1=O. The number of nitrogens with one attached hydrogen (secondary N) is 1. The third-order valence-corrected chi connectivity index (χ3v) is 7.45. The normalized spacial score (nSPS) is 21.5. The maximum absolute atomic E-state index is 13.9. The molecule has 1 aliphatic carbocycles. The summed E-state index contributed by atoms with van der Waals surface area (Å²) < 4.78 is 35.6. The van der Waals surface area contributed by atoms with Gasteiger partial charge in [0, 0.05) is 12.0 Å². The van der Waals surface area contributed by atoms with Gasteiger partial charge in [-0.3, -0.25) is 9.36 Å². The summed E-state index contributed by atoms with van der Waals surface area (Å²) in [6.07, 6.45) is 3.13. The van der Waals surface area contributed by atoms with Crippen LogP contribution < -0.4 is 5.32 Å². The Labute approximate surface area is 165 Å². The lowest BCUT2D eigenvalue weighted by atomic mass is 9.91. The van der Waals surface area contributed by atoms with Crippen LogP contribution in [0.1, 0.15) is 65.5 Å². The highest BCUT2D eigenvalue weighted by molar-refractivity contribution is 7.57. The predicted octanol–water partition coefficient (Wildman–Crippen LogP) is 4.60. The van der Waals surface area contributed by atoms with E-state index in [1.165, 1.54) is 12.5 Å². The van der Waals surface area contributed by atoms with Crippen LogP contribution in [0.3, 0.4) is 0 Å². The number of carbonyl (C=O) groups is 2. The summed E-state index contributed by atoms with van der Waals surface area (Å²) >= 11 is 0. The number of Topliss-reactive ketones (excluding diaryl/α,β-unsaturated/α-hetero) is 1. The molecule has 0 bridgehead atoms. The van der Waals surface area contributed by atoms with Gasteiger partial charge in [0.05, 0.1) is 31.8 Å². The van der Waals surface area contributed by atoms with Gasteiger partial charge in [-0.15, -0.1) is 0 Å². The molecule has 0 aliphatic heterocycles. The van der Waals surface area contributed by atoms with Crippen LogP contribution in [-0.4, -0.2) is 35.8 Å². The van der Waals surface area contributed by atoms with Crippen molar-refractivity contribution in [2.45, 2.75) is 70.7 Å². The standard InChI is InChI=1S/C19H30NO7P/c1-6-25-28(23,26-7-2)19(11-8-9-15(19)21)16(14-10-12-24-13-14)20-17(22)27-18(3,4)5/h10,12-13,16H,6-9,11H2,1-5H3,(H,20,22)/t16-,19-/m1/s1. The molecular weight excluding hydrogens is 385 g/mol. The zero-order valence-electron chi connectivity index (χ0n) is 17.1. The number of ketones is 1. The van der Waals surface area contributed by atoms with Gasteiger partial charge in [0.25, 0.3) is 0 Å². The quantitative estimate of drug-likeness (QED) is 0.619. The van der Waals surface area contributed by atoms with E-state index in [1.807, 2.05) is 0 Å². The van der Waals surface area contributed by atoms with Crippen LogP contribution in [-0.2, 0) is 23.1 Å². The summed E-state index contributed by atoms with van der Waals surface area (Å²) in [7, 11) is -3.92. The second-order valence-electron chi connectivity index (χ2n) is 7.67. The van der Waals surface area contributed by atoms with Gasteiger partial charge < -0.3 is 23.5 Å². The molecule has 1 fully saturated rings. The van der Waals surface area contributed by atoms with E-state index in [1.54, 1.807) is 40.7 Å². The first-order valence-electron chi connectivity index (χ1n) is 9.53. The molecule has 0 unspecified atom stereocenters. The average molecular weight is 415 g/mol. The fraction of sp³-hybridized carbons (Fsp3) is 0.684. The minimum absolute atomic E-state index is 0.108. The number of rotatable bonds is 8. The summed E-state index contributed by atoms with van der Waals surface area (Å²) in [5, 5.41) is 1.20. The number of carbonyl (C=O) groups excluding carboxylic acids is 2. The van der Waals surface area contributed by atoms with Crippen LogP contribution in [0.4, 0.5) is 4.79 Å². The lowest BCUT2D eigenvalue weighted by molar-refractivity contribution is -0.120. The molecule has 158 valence electrons. The van der Waals surface area contributed by atoms with Gasteiger partial charge in [0.15, 0.2) is 10.9 Å². The highest BCUT2D eigenvalue weighted by atomic mass is 31.2. The van der Waals surface area contributed by atoms with E-state index in [4.69, 9.17) is 18.2 Å². The third kappa shape index (κ3) is 4.50. The first kappa shape index (κ1) is 22.7. The van der Waals surface area contributed by atoms with Crippen molar-refractivity contribution >= 4 is 19.5 Å². The molecule has 2 atom stereocenters. The van der Waals surface area contributed by atoms with Gasteiger partial charge in [-0.2, -0.15) is 0 Å². The van der Waals surface area contributed by atoms with Crippen LogP contribution >= 0.6 is 7.60 Å². The topological polar surface area (TPSA) is 104 Å². The summed E-state index contributed by atoms with van der Waals surface area (Å²) in [4.78, 5) is 25.7. The first-order chi connectivity index (χ1) is 13.1. The van der Waals surface area contributed by atoms with Crippen molar-refractivity contribution < 1.29 is 32.4 Å². The lowest BCUT2D eigenvalue weighted by Gasteiger charge is -2.40. The smallest absolute Gasteiger partial charge is 0.408 e. The largest absolute Gasteiger partial charge is 0.472 e. The van der Waals surface area contributed by atoms with E-state index in [0.29, 0.717) is 12.0 Å². The Balaban J connectivity index is 2.56. The zero-order valence-corrected chi connectivity index (χ0v) is 18.0. The van der Waals surface area contributed by atoms with E-state index in [2.05, 4.69) is 5.32 Å². The molecule has 0 spiro atoms. The molecule has 1 N–H and O–H groups in total. The van der Waals surface area contributed by atoms with Gasteiger partial charge in [0.1, 0.15) is 5.60 Å². The van der Waals surface area contributed by atoms with Crippen LogP contribution in [0.25, 0.3) is 0 Å². The summed E-state index contributed by atoms with van der Waals surface area (Å²) in [6, 6.07) is 0.650. The van der Waals surface area contributed by atoms with E-state index in [9.17, 15) is 14.2 Å². The monoisotopic (exact) mass is 415 g/mol. The molecule has 28 heavy (non-hydrogen) atoms. The van der Waals surface area contributed by atoms with Gasteiger partial charge in [-0.25, -0.2) is 4.79 Å². The number of furan rings is 1. The molecule has 1 aliphatic rings. The second kappa shape index (κ2) is 8.80. The van der Waals surface area contributed by atoms with Crippen LogP contribution in [0.2, 0.25) is 0 Å². The maximum atomic E-state index is 13.9. The van der Waals surface area contributed by atoms with Crippen molar-refractivity contribution in [3.63, 3.8) is 0 Å². The zero-order chi connectivity index (χ0) is 21.0. The number of ether oxygens (including phenoxy) is 1. The molecule has 1 heterocycles. The van der Waals surface area contributed by atoms with Crippen LogP contribution in [0.5, 0.6) is 0 Å². The van der Waals surface area contributed by atoms with Crippen molar-refractivity contribution in [2.75, 3.05) is 13.2 Å². The van der Waals surface area contributed by atoms with Gasteiger partial charge in [-0.05, 0) is 53.5 Å². The molecule has 0 aromatic carbocycles. The Hall–Kier alpha value is -1.63. The predicted molar refractivity (Wildman–Crippen MR) is 103 cm³/mol. The van der Waals surface area contributed by atoms with Gasteiger partial charge >= 0.3 is 13.7 Å². The highest BCUT2D eigenvalue weighted by Gasteiger charge is 2.64. The van der Waals surface area contributed by atoms with Crippen molar-refractivity contribution in [3.05, 3.63) is 24.2 Å².